The maximum Gasteiger partial charge on any atom is 0.252 e. The Morgan fingerprint density at radius 3 is 2.94 bits per heavy atom. The van der Waals surface area contributed by atoms with Crippen LogP contribution in [0.15, 0.2) is 29.0 Å². The van der Waals surface area contributed by atoms with Crippen LogP contribution in [0.2, 0.25) is 0 Å². The van der Waals surface area contributed by atoms with Gasteiger partial charge in [-0.2, -0.15) is 5.26 Å². The maximum absolute atomic E-state index is 8.64. The number of nitrogens with zero attached hydrogens (tertiary/aromatic N) is 4. The fourth-order valence-corrected chi connectivity index (χ4v) is 1.61. The molecule has 0 N–H and O–H groups in total. The Morgan fingerprint density at radius 2 is 2.31 bits per heavy atom. The number of benzene rings is 1. The van der Waals surface area contributed by atoms with Gasteiger partial charge in [0.2, 0.25) is 0 Å². The van der Waals surface area contributed by atoms with Crippen LogP contribution in [-0.2, 0) is 0 Å². The molecular formula is C10H7BrN4O. The first kappa shape index (κ1) is 10.6. The normalized spacial score (nSPS) is 9.81. The second-order valence-electron chi connectivity index (χ2n) is 2.94. The molecule has 2 rings (SSSR count). The molecular weight excluding hydrogens is 272 g/mol. The molecule has 5 nitrogen and oxygen atoms in total. The van der Waals surface area contributed by atoms with E-state index in [4.69, 9.17) is 10.00 Å². The average Bonchev–Trinajstić information content (AvgIpc) is 2.77. The van der Waals surface area contributed by atoms with Gasteiger partial charge < -0.3 is 4.74 Å². The number of hydrogen-bond acceptors (Lipinski definition) is 4. The molecule has 0 amide bonds. The smallest absolute Gasteiger partial charge is 0.252 e. The van der Waals surface area contributed by atoms with Gasteiger partial charge >= 0.3 is 0 Å². The SMILES string of the molecule is COc1cc(Br)ccc1-n1cnc(C#N)n1. The van der Waals surface area contributed by atoms with Gasteiger partial charge in [-0.15, -0.1) is 5.10 Å². The molecule has 0 spiro atoms. The zero-order valence-electron chi connectivity index (χ0n) is 8.38. The van der Waals surface area contributed by atoms with Crippen molar-refractivity contribution in [2.24, 2.45) is 0 Å². The Balaban J connectivity index is 2.51. The van der Waals surface area contributed by atoms with Crippen molar-refractivity contribution in [1.29, 1.82) is 5.26 Å². The van der Waals surface area contributed by atoms with Gasteiger partial charge in [0.1, 0.15) is 23.8 Å². The minimum atomic E-state index is 0.130. The lowest BCUT2D eigenvalue weighted by Gasteiger charge is -2.07. The number of halogens is 1. The van der Waals surface area contributed by atoms with Gasteiger partial charge in [0.05, 0.1) is 7.11 Å². The molecule has 0 unspecified atom stereocenters. The van der Waals surface area contributed by atoms with Gasteiger partial charge in [-0.05, 0) is 18.2 Å². The van der Waals surface area contributed by atoms with Crippen LogP contribution in [0.1, 0.15) is 5.82 Å². The summed E-state index contributed by atoms with van der Waals surface area (Å²) < 4.78 is 7.64. The average molecular weight is 279 g/mol. The molecule has 2 aromatic rings. The third-order valence-corrected chi connectivity index (χ3v) is 2.47. The fraction of sp³-hybridized carbons (Fsp3) is 0.100. The molecule has 0 aliphatic heterocycles. The first-order chi connectivity index (χ1) is 7.74. The minimum Gasteiger partial charge on any atom is -0.494 e. The monoisotopic (exact) mass is 278 g/mol. The van der Waals surface area contributed by atoms with Gasteiger partial charge in [0, 0.05) is 4.47 Å². The van der Waals surface area contributed by atoms with Gasteiger partial charge in [-0.3, -0.25) is 0 Å². The summed E-state index contributed by atoms with van der Waals surface area (Å²) in [5.41, 5.74) is 0.736. The van der Waals surface area contributed by atoms with E-state index in [2.05, 4.69) is 26.0 Å². The van der Waals surface area contributed by atoms with E-state index in [1.54, 1.807) is 7.11 Å². The number of rotatable bonds is 2. The first-order valence-electron chi connectivity index (χ1n) is 4.40. The van der Waals surface area contributed by atoms with Crippen molar-refractivity contribution < 1.29 is 4.74 Å². The quantitative estimate of drug-likeness (QED) is 0.842. The lowest BCUT2D eigenvalue weighted by Crippen LogP contribution is -1.98. The zero-order chi connectivity index (χ0) is 11.5. The van der Waals surface area contributed by atoms with Crippen LogP contribution in [0.4, 0.5) is 0 Å². The number of methoxy groups -OCH3 is 1. The highest BCUT2D eigenvalue weighted by Gasteiger charge is 2.08. The highest BCUT2D eigenvalue weighted by atomic mass is 79.9. The molecule has 16 heavy (non-hydrogen) atoms. The molecule has 0 saturated heterocycles. The molecule has 80 valence electrons. The van der Waals surface area contributed by atoms with Crippen LogP contribution in [0.25, 0.3) is 5.69 Å². The summed E-state index contributed by atoms with van der Waals surface area (Å²) in [6.07, 6.45) is 1.48. The summed E-state index contributed by atoms with van der Waals surface area (Å²) in [6.45, 7) is 0. The van der Waals surface area contributed by atoms with Crippen molar-refractivity contribution in [2.75, 3.05) is 7.11 Å². The third kappa shape index (κ3) is 1.90. The van der Waals surface area contributed by atoms with E-state index in [0.717, 1.165) is 10.2 Å². The van der Waals surface area contributed by atoms with Crippen molar-refractivity contribution >= 4 is 15.9 Å². The van der Waals surface area contributed by atoms with Crippen LogP contribution >= 0.6 is 15.9 Å². The van der Waals surface area contributed by atoms with Crippen LogP contribution in [0.3, 0.4) is 0 Å². The highest BCUT2D eigenvalue weighted by Crippen LogP contribution is 2.25. The highest BCUT2D eigenvalue weighted by molar-refractivity contribution is 9.10. The molecule has 0 saturated carbocycles. The molecule has 0 atom stereocenters. The third-order valence-electron chi connectivity index (χ3n) is 1.98. The number of ether oxygens (including phenoxy) is 1. The van der Waals surface area contributed by atoms with Crippen LogP contribution in [0, 0.1) is 11.3 Å². The van der Waals surface area contributed by atoms with E-state index >= 15 is 0 Å². The van der Waals surface area contributed by atoms with Crippen molar-refractivity contribution in [3.8, 4) is 17.5 Å². The second-order valence-corrected chi connectivity index (χ2v) is 3.86. The van der Waals surface area contributed by atoms with E-state index in [0.29, 0.717) is 5.75 Å². The van der Waals surface area contributed by atoms with Crippen molar-refractivity contribution in [1.82, 2.24) is 14.8 Å². The van der Waals surface area contributed by atoms with Crippen molar-refractivity contribution in [3.05, 3.63) is 34.8 Å². The van der Waals surface area contributed by atoms with Crippen LogP contribution in [0.5, 0.6) is 5.75 Å². The molecule has 1 aromatic heterocycles. The molecule has 0 radical (unpaired) electrons. The second kappa shape index (κ2) is 4.33. The Hall–Kier alpha value is -1.87. The van der Waals surface area contributed by atoms with Gasteiger partial charge in [-0.1, -0.05) is 15.9 Å². The molecule has 0 aliphatic rings. The van der Waals surface area contributed by atoms with E-state index < -0.39 is 0 Å². The maximum atomic E-state index is 8.64. The Bertz CT molecular complexity index is 558. The lowest BCUT2D eigenvalue weighted by molar-refractivity contribution is 0.411. The van der Waals surface area contributed by atoms with E-state index in [1.807, 2.05) is 24.3 Å². The minimum absolute atomic E-state index is 0.130. The van der Waals surface area contributed by atoms with Crippen LogP contribution in [-0.4, -0.2) is 21.9 Å². The lowest BCUT2D eigenvalue weighted by atomic mass is 10.3. The summed E-state index contributed by atoms with van der Waals surface area (Å²) in [6, 6.07) is 7.39. The van der Waals surface area contributed by atoms with Crippen LogP contribution < -0.4 is 4.74 Å². The van der Waals surface area contributed by atoms with Crippen molar-refractivity contribution in [3.63, 3.8) is 0 Å². The van der Waals surface area contributed by atoms with Gasteiger partial charge in [0.15, 0.2) is 0 Å². The van der Waals surface area contributed by atoms with E-state index in [1.165, 1.54) is 11.0 Å². The topological polar surface area (TPSA) is 63.7 Å². The molecule has 1 aromatic carbocycles. The summed E-state index contributed by atoms with van der Waals surface area (Å²) in [7, 11) is 1.58. The summed E-state index contributed by atoms with van der Waals surface area (Å²) in [4.78, 5) is 3.83. The van der Waals surface area contributed by atoms with E-state index in [9.17, 15) is 0 Å². The molecule has 0 bridgehead atoms. The Morgan fingerprint density at radius 1 is 1.50 bits per heavy atom. The Labute approximate surface area is 100 Å². The summed E-state index contributed by atoms with van der Waals surface area (Å²) in [5, 5.41) is 12.6. The van der Waals surface area contributed by atoms with Gasteiger partial charge in [0.25, 0.3) is 5.82 Å². The molecule has 0 aliphatic carbocycles. The zero-order valence-corrected chi connectivity index (χ0v) is 9.97. The fourth-order valence-electron chi connectivity index (χ4n) is 1.27. The first-order valence-corrected chi connectivity index (χ1v) is 5.19. The molecule has 6 heteroatoms. The molecule has 1 heterocycles. The number of hydrogen-bond donors (Lipinski definition) is 0. The van der Waals surface area contributed by atoms with E-state index in [-0.39, 0.29) is 5.82 Å². The molecule has 0 fully saturated rings. The Kier molecular flexibility index (Phi) is 2.88. The van der Waals surface area contributed by atoms with Crippen molar-refractivity contribution in [2.45, 2.75) is 0 Å². The summed E-state index contributed by atoms with van der Waals surface area (Å²) >= 11 is 3.35. The standard InChI is InChI=1S/C10H7BrN4O/c1-16-9-4-7(11)2-3-8(9)15-6-13-10(5-12)14-15/h2-4,6H,1H3. The predicted molar refractivity (Wildman–Crippen MR) is 60.3 cm³/mol. The largest absolute Gasteiger partial charge is 0.494 e. The number of aromatic nitrogens is 3. The number of nitriles is 1. The summed E-state index contributed by atoms with van der Waals surface area (Å²) in [5.74, 6) is 0.786. The van der Waals surface area contributed by atoms with Gasteiger partial charge in [-0.25, -0.2) is 9.67 Å². The predicted octanol–water partition coefficient (Wildman–Crippen LogP) is 1.91.